The predicted molar refractivity (Wildman–Crippen MR) is 326 cm³/mol. The Labute approximate surface area is 482 Å². The van der Waals surface area contributed by atoms with Crippen molar-refractivity contribution in [2.24, 2.45) is 0 Å². The Hall–Kier alpha value is -7.72. The lowest BCUT2D eigenvalue weighted by Gasteiger charge is -2.07. The van der Waals surface area contributed by atoms with E-state index in [4.69, 9.17) is 38.9 Å². The number of ether oxygens (including phenoxy) is 4. The Morgan fingerprint density at radius 3 is 0.537 bits per heavy atom. The Morgan fingerprint density at radius 1 is 0.225 bits per heavy atom. The molecule has 0 atom stereocenters. The Kier molecular flexibility index (Phi) is 32.6. The number of rotatable bonds is 36. The fourth-order valence-electron chi connectivity index (χ4n) is 8.63. The van der Waals surface area contributed by atoms with Crippen LogP contribution in [0.3, 0.4) is 0 Å². The molecule has 5 rings (SSSR count). The summed E-state index contributed by atoms with van der Waals surface area (Å²) in [5.74, 6) is 51.2. The van der Waals surface area contributed by atoms with Gasteiger partial charge in [0.1, 0.15) is 68.5 Å². The summed E-state index contributed by atoms with van der Waals surface area (Å²) in [4.78, 5) is 18.9. The van der Waals surface area contributed by atoms with E-state index in [-0.39, 0.29) is 0 Å². The van der Waals surface area contributed by atoms with Crippen LogP contribution < -0.4 is 18.9 Å². The SMILES string of the molecule is CCCCCCCCCOc1cc2nc(c1)C#CC#Cc1cc(OCCCCCCCCC)cc(n1)C#CC#Cc1cc(OCCCCCCCCC)cc(n1)C#CC#Cc1cc(OCCCCCCCCC)cc(n1)C#CC#C2. The zero-order valence-electron chi connectivity index (χ0n) is 48.7. The molecule has 0 saturated heterocycles. The first-order chi connectivity index (χ1) is 39.5. The highest BCUT2D eigenvalue weighted by atomic mass is 16.5. The zero-order valence-corrected chi connectivity index (χ0v) is 48.7. The third-order valence-corrected chi connectivity index (χ3v) is 13.0. The largest absolute Gasteiger partial charge is 0.493 e. The number of pyridine rings is 4. The number of aromatic nitrogens is 4. The highest BCUT2D eigenvalue weighted by molar-refractivity contribution is 5.52. The van der Waals surface area contributed by atoms with Crippen molar-refractivity contribution < 1.29 is 18.9 Å². The first kappa shape index (κ1) is 63.1. The summed E-state index contributed by atoms with van der Waals surface area (Å²) in [6, 6.07) is 14.6. The van der Waals surface area contributed by atoms with Gasteiger partial charge in [0.2, 0.25) is 0 Å². The van der Waals surface area contributed by atoms with Crippen LogP contribution in [0.2, 0.25) is 0 Å². The van der Waals surface area contributed by atoms with Gasteiger partial charge in [0.15, 0.2) is 0 Å². The molecule has 416 valence electrons. The van der Waals surface area contributed by atoms with E-state index >= 15 is 0 Å². The van der Waals surface area contributed by atoms with Crippen LogP contribution in [-0.4, -0.2) is 46.4 Å². The summed E-state index contributed by atoms with van der Waals surface area (Å²) in [6.45, 7) is 11.3. The second-order valence-electron chi connectivity index (χ2n) is 20.2. The van der Waals surface area contributed by atoms with Gasteiger partial charge < -0.3 is 18.9 Å². The molecule has 0 spiro atoms. The van der Waals surface area contributed by atoms with Gasteiger partial charge in [0.25, 0.3) is 0 Å². The maximum atomic E-state index is 6.25. The Bertz CT molecular complexity index is 2480. The summed E-state index contributed by atoms with van der Waals surface area (Å²) >= 11 is 0. The van der Waals surface area contributed by atoms with E-state index in [1.165, 1.54) is 128 Å². The molecule has 5 heterocycles. The minimum absolute atomic E-state index is 0.470. The molecule has 4 aromatic heterocycles. The fraction of sp³-hybridized carbons (Fsp3) is 0.500. The van der Waals surface area contributed by atoms with Crippen molar-refractivity contribution >= 4 is 0 Å². The molecular weight excluding hydrogens is 985 g/mol. The lowest BCUT2D eigenvalue weighted by molar-refractivity contribution is 0.303. The Balaban J connectivity index is 1.50. The summed E-state index contributed by atoms with van der Waals surface area (Å²) in [5, 5.41) is 0. The van der Waals surface area contributed by atoms with Gasteiger partial charge in [-0.25, -0.2) is 19.9 Å². The maximum absolute atomic E-state index is 6.25. The third kappa shape index (κ3) is 28.8. The smallest absolute Gasteiger partial charge is 0.124 e. The molecule has 0 radical (unpaired) electrons. The standard InChI is InChI=1S/C72H84N4O4/c1-5-9-13-17-21-25-37-49-77-69-53-61-41-29-31-43-63-55-70(78-50-38-26-22-18-14-10-6-2)57-65(74-63)45-33-35-47-67-59-72(80-52-40-28-24-20-16-12-8-4)60-68(76-67)48-36-34-46-66-58-71(79-51-39-27-23-19-15-11-7-3)56-64(75-66)44-32-30-42-62(54-69)73-61/h53-60H,5-28,37-40,49-52H2,1-4H3. The molecule has 4 aromatic rings. The normalized spacial score (nSPS) is 10.8. The lowest BCUT2D eigenvalue weighted by Crippen LogP contribution is -2.00. The molecule has 8 heteroatoms. The molecule has 1 aliphatic heterocycles. The van der Waals surface area contributed by atoms with Crippen molar-refractivity contribution in [2.75, 3.05) is 26.4 Å². The molecule has 0 saturated carbocycles. The zero-order chi connectivity index (χ0) is 56.2. The second kappa shape index (κ2) is 41.3. The molecule has 80 heavy (non-hydrogen) atoms. The quantitative estimate of drug-likeness (QED) is 0.0329. The molecule has 1 aliphatic rings. The average molecular weight is 1070 g/mol. The van der Waals surface area contributed by atoms with Gasteiger partial charge in [-0.3, -0.25) is 0 Å². The van der Waals surface area contributed by atoms with Crippen LogP contribution in [0.1, 0.15) is 253 Å². The molecule has 0 aliphatic carbocycles. The van der Waals surface area contributed by atoms with E-state index in [2.05, 4.69) is 122 Å². The van der Waals surface area contributed by atoms with Crippen molar-refractivity contribution in [3.05, 3.63) is 94.1 Å². The van der Waals surface area contributed by atoms with Crippen LogP contribution in [0.25, 0.3) is 0 Å². The van der Waals surface area contributed by atoms with E-state index in [0.717, 1.165) is 51.4 Å². The summed E-state index contributed by atoms with van der Waals surface area (Å²) in [7, 11) is 0. The highest BCUT2D eigenvalue weighted by Crippen LogP contribution is 2.20. The average Bonchev–Trinajstić information content (AvgIpc) is 3.46. The van der Waals surface area contributed by atoms with Gasteiger partial charge in [-0.2, -0.15) is 0 Å². The van der Waals surface area contributed by atoms with Gasteiger partial charge >= 0.3 is 0 Å². The predicted octanol–water partition coefficient (Wildman–Crippen LogP) is 15.7. The molecule has 0 amide bonds. The van der Waals surface area contributed by atoms with Crippen LogP contribution in [0, 0.1) is 94.7 Å². The molecule has 0 fully saturated rings. The van der Waals surface area contributed by atoms with E-state index < -0.39 is 0 Å². The van der Waals surface area contributed by atoms with E-state index in [9.17, 15) is 0 Å². The van der Waals surface area contributed by atoms with Crippen molar-refractivity contribution in [3.63, 3.8) is 0 Å². The number of hydrogen-bond acceptors (Lipinski definition) is 8. The minimum Gasteiger partial charge on any atom is -0.493 e. The van der Waals surface area contributed by atoms with Crippen LogP contribution in [-0.2, 0) is 0 Å². The van der Waals surface area contributed by atoms with Crippen molar-refractivity contribution in [3.8, 4) is 118 Å². The van der Waals surface area contributed by atoms with Gasteiger partial charge in [0, 0.05) is 48.5 Å². The van der Waals surface area contributed by atoms with Gasteiger partial charge in [-0.05, 0) is 120 Å². The topological polar surface area (TPSA) is 88.5 Å². The van der Waals surface area contributed by atoms with Crippen LogP contribution in [0.5, 0.6) is 23.0 Å². The van der Waals surface area contributed by atoms with Crippen molar-refractivity contribution in [1.29, 1.82) is 0 Å². The van der Waals surface area contributed by atoms with Crippen molar-refractivity contribution in [2.45, 2.75) is 207 Å². The first-order valence-corrected chi connectivity index (χ1v) is 30.2. The highest BCUT2D eigenvalue weighted by Gasteiger charge is 2.07. The number of nitrogens with zero attached hydrogens (tertiary/aromatic N) is 4. The number of unbranched alkanes of at least 4 members (excludes halogenated alkanes) is 24. The molecule has 0 aromatic carbocycles. The lowest BCUT2D eigenvalue weighted by atomic mass is 10.1. The van der Waals surface area contributed by atoms with Crippen LogP contribution in [0.15, 0.2) is 48.5 Å². The molecule has 0 N–H and O–H groups in total. The van der Waals surface area contributed by atoms with E-state index in [1.54, 1.807) is 0 Å². The summed E-state index contributed by atoms with van der Waals surface area (Å²) in [6.07, 6.45) is 33.2. The minimum atomic E-state index is 0.470. The van der Waals surface area contributed by atoms with Gasteiger partial charge in [-0.15, -0.1) is 0 Å². The molecule has 0 unspecified atom stereocenters. The summed E-state index contributed by atoms with van der Waals surface area (Å²) in [5.41, 5.74) is 3.76. The monoisotopic (exact) mass is 1070 g/mol. The number of hydrogen-bond donors (Lipinski definition) is 0. The first-order valence-electron chi connectivity index (χ1n) is 30.2. The van der Waals surface area contributed by atoms with Crippen molar-refractivity contribution in [1.82, 2.24) is 19.9 Å². The van der Waals surface area contributed by atoms with E-state index in [0.29, 0.717) is 95.0 Å². The maximum Gasteiger partial charge on any atom is 0.124 e. The van der Waals surface area contributed by atoms with Crippen LogP contribution >= 0.6 is 0 Å². The summed E-state index contributed by atoms with van der Waals surface area (Å²) < 4.78 is 25.0. The Morgan fingerprint density at radius 2 is 0.375 bits per heavy atom. The van der Waals surface area contributed by atoms with Gasteiger partial charge in [0.05, 0.1) is 26.4 Å². The fourth-order valence-corrected chi connectivity index (χ4v) is 8.63. The number of fused-ring (bicyclic) bond motifs is 8. The second-order valence-corrected chi connectivity index (χ2v) is 20.2. The molecular formula is C72H84N4O4. The van der Waals surface area contributed by atoms with Gasteiger partial charge in [-0.1, -0.05) is 182 Å². The molecule has 8 nitrogen and oxygen atoms in total. The molecule has 8 bridgehead atoms. The van der Waals surface area contributed by atoms with E-state index in [1.807, 2.05) is 48.5 Å². The van der Waals surface area contributed by atoms with Crippen LogP contribution in [0.4, 0.5) is 0 Å². The third-order valence-electron chi connectivity index (χ3n) is 13.0.